The van der Waals surface area contributed by atoms with E-state index in [0.29, 0.717) is 0 Å². The van der Waals surface area contributed by atoms with Gasteiger partial charge in [-0.25, -0.2) is 0 Å². The maximum absolute atomic E-state index is 9.38. The van der Waals surface area contributed by atoms with E-state index in [9.17, 15) is 10.2 Å². The lowest BCUT2D eigenvalue weighted by molar-refractivity contribution is 0.211. The van der Waals surface area contributed by atoms with Crippen molar-refractivity contribution >= 4 is 11.6 Å². The van der Waals surface area contributed by atoms with Crippen molar-refractivity contribution in [2.45, 2.75) is 23.8 Å². The predicted molar refractivity (Wildman–Crippen MR) is 52.5 cm³/mol. The molecule has 0 bridgehead atoms. The number of rotatable bonds is 2. The summed E-state index contributed by atoms with van der Waals surface area (Å²) in [5.74, 6) is -0.334. The van der Waals surface area contributed by atoms with Gasteiger partial charge in [0.2, 0.25) is 0 Å². The summed E-state index contributed by atoms with van der Waals surface area (Å²) in [5.41, 5.74) is -0.589. The minimum atomic E-state index is -0.938. The van der Waals surface area contributed by atoms with Gasteiger partial charge in [-0.2, -0.15) is 0 Å². The van der Waals surface area contributed by atoms with Crippen LogP contribution in [0.4, 0.5) is 0 Å². The molecule has 0 saturated heterocycles. The maximum atomic E-state index is 9.38. The van der Waals surface area contributed by atoms with E-state index in [0.717, 1.165) is 18.4 Å². The molecular formula is C10H11ClO3. The maximum Gasteiger partial charge on any atom is 0.157 e. The van der Waals surface area contributed by atoms with Gasteiger partial charge in [0.1, 0.15) is 5.56 Å². The Morgan fingerprint density at radius 1 is 1.21 bits per heavy atom. The zero-order chi connectivity index (χ0) is 10.3. The van der Waals surface area contributed by atoms with Crippen molar-refractivity contribution in [2.75, 3.05) is 0 Å². The second kappa shape index (κ2) is 3.04. The molecule has 1 saturated carbocycles. The van der Waals surface area contributed by atoms with Crippen LogP contribution in [0.15, 0.2) is 18.2 Å². The third kappa shape index (κ3) is 1.33. The van der Waals surface area contributed by atoms with Crippen LogP contribution in [-0.4, -0.2) is 20.9 Å². The first kappa shape index (κ1) is 9.62. The molecule has 3 N–H and O–H groups in total. The number of halogens is 1. The number of benzene rings is 1. The van der Waals surface area contributed by atoms with Crippen molar-refractivity contribution < 1.29 is 15.3 Å². The Labute approximate surface area is 86.6 Å². The summed E-state index contributed by atoms with van der Waals surface area (Å²) >= 11 is 5.67. The lowest BCUT2D eigenvalue weighted by Crippen LogP contribution is -2.19. The highest BCUT2D eigenvalue weighted by Crippen LogP contribution is 2.53. The predicted octanol–water partition coefficient (Wildman–Crippen LogP) is 1.69. The average molecular weight is 215 g/mol. The molecule has 2 rings (SSSR count). The van der Waals surface area contributed by atoms with E-state index < -0.39 is 11.0 Å². The number of phenolic OH excluding ortho intramolecular Hbond substituents is 2. The molecule has 76 valence electrons. The van der Waals surface area contributed by atoms with Crippen molar-refractivity contribution in [3.63, 3.8) is 0 Å². The van der Waals surface area contributed by atoms with E-state index in [4.69, 9.17) is 16.7 Å². The van der Waals surface area contributed by atoms with Gasteiger partial charge in [-0.1, -0.05) is 17.7 Å². The van der Waals surface area contributed by atoms with E-state index in [1.54, 1.807) is 6.07 Å². The summed E-state index contributed by atoms with van der Waals surface area (Å²) in [6, 6.07) is 4.53. The zero-order valence-electron chi connectivity index (χ0n) is 7.44. The molecule has 0 heterocycles. The molecule has 0 radical (unpaired) electrons. The number of aliphatic hydroxyl groups is 1. The van der Waals surface area contributed by atoms with E-state index in [2.05, 4.69) is 0 Å². The largest absolute Gasteiger partial charge is 0.504 e. The average Bonchev–Trinajstić information content (AvgIpc) is 2.90. The van der Waals surface area contributed by atoms with Gasteiger partial charge in [-0.15, -0.1) is 0 Å². The molecule has 1 aliphatic carbocycles. The Morgan fingerprint density at radius 2 is 1.86 bits per heavy atom. The molecule has 1 unspecified atom stereocenters. The van der Waals surface area contributed by atoms with E-state index in [-0.39, 0.29) is 11.5 Å². The molecule has 1 fully saturated rings. The molecule has 1 atom stereocenters. The van der Waals surface area contributed by atoms with Crippen molar-refractivity contribution in [1.29, 1.82) is 0 Å². The van der Waals surface area contributed by atoms with Crippen LogP contribution in [0.2, 0.25) is 0 Å². The Balaban J connectivity index is 2.38. The molecule has 0 aromatic heterocycles. The van der Waals surface area contributed by atoms with Gasteiger partial charge >= 0.3 is 0 Å². The molecule has 0 amide bonds. The van der Waals surface area contributed by atoms with Gasteiger partial charge < -0.3 is 15.3 Å². The molecule has 4 heteroatoms. The summed E-state index contributed by atoms with van der Waals surface area (Å²) in [6.07, 6.45) is 1.61. The van der Waals surface area contributed by atoms with Crippen molar-refractivity contribution in [3.8, 4) is 11.5 Å². The number of hydrogen-bond acceptors (Lipinski definition) is 3. The molecule has 1 aromatic carbocycles. The minimum absolute atomic E-state index is 0.159. The standard InChI is InChI=1S/C10H11ClO3/c11-9(14)10(3-4-10)6-1-2-7(12)8(13)5-6/h1-2,5,9,12-14H,3-4H2. The third-order valence-corrected chi connectivity index (χ3v) is 3.21. The normalized spacial score (nSPS) is 20.4. The smallest absolute Gasteiger partial charge is 0.157 e. The van der Waals surface area contributed by atoms with Crippen molar-refractivity contribution in [3.05, 3.63) is 23.8 Å². The van der Waals surface area contributed by atoms with E-state index in [1.807, 2.05) is 0 Å². The van der Waals surface area contributed by atoms with Crippen LogP contribution in [0.1, 0.15) is 18.4 Å². The highest BCUT2D eigenvalue weighted by Gasteiger charge is 2.50. The molecule has 3 nitrogen and oxygen atoms in total. The van der Waals surface area contributed by atoms with Gasteiger partial charge in [0.15, 0.2) is 11.5 Å². The molecule has 1 aromatic rings. The van der Waals surface area contributed by atoms with Crippen LogP contribution in [0, 0.1) is 0 Å². The third-order valence-electron chi connectivity index (χ3n) is 2.79. The van der Waals surface area contributed by atoms with Crippen LogP contribution in [0.25, 0.3) is 0 Å². The van der Waals surface area contributed by atoms with Crippen LogP contribution >= 0.6 is 11.6 Å². The monoisotopic (exact) mass is 214 g/mol. The van der Waals surface area contributed by atoms with Crippen LogP contribution in [0.5, 0.6) is 11.5 Å². The second-order valence-electron chi connectivity index (χ2n) is 3.70. The first-order chi connectivity index (χ1) is 6.56. The second-order valence-corrected chi connectivity index (χ2v) is 4.11. The quantitative estimate of drug-likeness (QED) is 0.519. The highest BCUT2D eigenvalue weighted by molar-refractivity contribution is 6.20. The fourth-order valence-corrected chi connectivity index (χ4v) is 1.98. The molecule has 14 heavy (non-hydrogen) atoms. The lowest BCUT2D eigenvalue weighted by Gasteiger charge is -2.17. The van der Waals surface area contributed by atoms with Crippen molar-refractivity contribution in [2.24, 2.45) is 0 Å². The first-order valence-electron chi connectivity index (χ1n) is 4.41. The van der Waals surface area contributed by atoms with Gasteiger partial charge in [0.05, 0.1) is 0 Å². The minimum Gasteiger partial charge on any atom is -0.504 e. The molecule has 0 aliphatic heterocycles. The van der Waals surface area contributed by atoms with Crippen LogP contribution < -0.4 is 0 Å². The van der Waals surface area contributed by atoms with E-state index in [1.165, 1.54) is 12.1 Å². The Hall–Kier alpha value is -0.930. The zero-order valence-corrected chi connectivity index (χ0v) is 8.20. The Morgan fingerprint density at radius 3 is 2.29 bits per heavy atom. The molecule has 1 aliphatic rings. The van der Waals surface area contributed by atoms with E-state index >= 15 is 0 Å². The first-order valence-corrected chi connectivity index (χ1v) is 4.84. The van der Waals surface area contributed by atoms with Crippen LogP contribution in [-0.2, 0) is 5.41 Å². The van der Waals surface area contributed by atoms with Gasteiger partial charge in [-0.3, -0.25) is 0 Å². The number of aromatic hydroxyl groups is 2. The molecule has 0 spiro atoms. The fraction of sp³-hybridized carbons (Fsp3) is 0.400. The lowest BCUT2D eigenvalue weighted by atomic mass is 9.96. The number of aliphatic hydroxyl groups excluding tert-OH is 1. The fourth-order valence-electron chi connectivity index (χ4n) is 1.63. The summed E-state index contributed by atoms with van der Waals surface area (Å²) in [4.78, 5) is 0. The van der Waals surface area contributed by atoms with Gasteiger partial charge in [-0.05, 0) is 30.5 Å². The van der Waals surface area contributed by atoms with Gasteiger partial charge in [0, 0.05) is 5.41 Å². The number of phenols is 2. The summed E-state index contributed by atoms with van der Waals surface area (Å²) < 4.78 is 0. The summed E-state index contributed by atoms with van der Waals surface area (Å²) in [7, 11) is 0. The topological polar surface area (TPSA) is 60.7 Å². The van der Waals surface area contributed by atoms with Gasteiger partial charge in [0.25, 0.3) is 0 Å². The highest BCUT2D eigenvalue weighted by atomic mass is 35.5. The molecular weight excluding hydrogens is 204 g/mol. The number of alkyl halides is 1. The van der Waals surface area contributed by atoms with Crippen LogP contribution in [0.3, 0.4) is 0 Å². The summed E-state index contributed by atoms with van der Waals surface area (Å²) in [5, 5.41) is 27.8. The van der Waals surface area contributed by atoms with Crippen molar-refractivity contribution in [1.82, 2.24) is 0 Å². The number of hydrogen-bond donors (Lipinski definition) is 3. The Kier molecular flexibility index (Phi) is 2.09. The Bertz CT molecular complexity index is 358. The SMILES string of the molecule is Oc1ccc(C2(C(O)Cl)CC2)cc1O. The summed E-state index contributed by atoms with van der Waals surface area (Å²) in [6.45, 7) is 0.